The van der Waals surface area contributed by atoms with Crippen molar-refractivity contribution in [3.63, 3.8) is 0 Å². The first-order chi connectivity index (χ1) is 13.7. The molecule has 2 rings (SSSR count). The number of sulfonamides is 1. The maximum absolute atomic E-state index is 12.9. The number of rotatable bonds is 7. The van der Waals surface area contributed by atoms with Crippen LogP contribution >= 0.6 is 0 Å². The van der Waals surface area contributed by atoms with Crippen molar-refractivity contribution in [3.05, 3.63) is 29.8 Å². The molecule has 0 aromatic heterocycles. The number of anilines is 1. The van der Waals surface area contributed by atoms with Crippen LogP contribution in [0.1, 0.15) is 18.9 Å². The molecule has 1 fully saturated rings. The maximum atomic E-state index is 12.9. The van der Waals surface area contributed by atoms with Crippen LogP contribution in [0.3, 0.4) is 0 Å². The van der Waals surface area contributed by atoms with Gasteiger partial charge in [-0.25, -0.2) is 13.1 Å². The minimum Gasteiger partial charge on any atom is -0.368 e. The quantitative estimate of drug-likeness (QED) is 0.388. The van der Waals surface area contributed by atoms with Gasteiger partial charge in [-0.2, -0.15) is 13.2 Å². The van der Waals surface area contributed by atoms with Gasteiger partial charge < -0.3 is 15.1 Å². The third kappa shape index (κ3) is 7.07. The summed E-state index contributed by atoms with van der Waals surface area (Å²) < 4.78 is 64.1. The summed E-state index contributed by atoms with van der Waals surface area (Å²) >= 11 is 0. The lowest BCUT2D eigenvalue weighted by atomic mass is 10.1. The van der Waals surface area contributed by atoms with Crippen molar-refractivity contribution in [3.8, 4) is 0 Å². The molecule has 0 atom stereocenters. The Morgan fingerprint density at radius 1 is 1.17 bits per heavy atom. The van der Waals surface area contributed by atoms with Gasteiger partial charge in [0.1, 0.15) is 0 Å². The lowest BCUT2D eigenvalue weighted by Crippen LogP contribution is -2.52. The molecule has 1 aromatic rings. The molecular weight excluding hydrogens is 407 g/mol. The van der Waals surface area contributed by atoms with E-state index < -0.39 is 21.8 Å². The molecule has 1 aliphatic rings. The minimum atomic E-state index is -4.35. The fraction of sp³-hybridized carbons (Fsp3) is 0.611. The first-order valence-corrected chi connectivity index (χ1v) is 11.2. The summed E-state index contributed by atoms with van der Waals surface area (Å²) in [5.41, 5.74) is -0.0840. The van der Waals surface area contributed by atoms with Gasteiger partial charge in [0.05, 0.1) is 11.3 Å². The highest BCUT2D eigenvalue weighted by Gasteiger charge is 2.31. The molecule has 0 bridgehead atoms. The molecule has 164 valence electrons. The summed E-state index contributed by atoms with van der Waals surface area (Å²) in [6.07, 6.45) is -3.74. The highest BCUT2D eigenvalue weighted by atomic mass is 32.2. The van der Waals surface area contributed by atoms with Gasteiger partial charge in [-0.15, -0.1) is 0 Å². The van der Waals surface area contributed by atoms with E-state index in [-0.39, 0.29) is 5.75 Å². The number of nitrogens with one attached hydrogen (secondary N) is 2. The predicted molar refractivity (Wildman–Crippen MR) is 109 cm³/mol. The van der Waals surface area contributed by atoms with Gasteiger partial charge in [-0.3, -0.25) is 4.99 Å². The Morgan fingerprint density at radius 3 is 2.45 bits per heavy atom. The van der Waals surface area contributed by atoms with Gasteiger partial charge in [0.15, 0.2) is 5.96 Å². The van der Waals surface area contributed by atoms with Gasteiger partial charge in [0.2, 0.25) is 10.0 Å². The molecule has 0 spiro atoms. The monoisotopic (exact) mass is 435 g/mol. The molecule has 2 N–H and O–H groups in total. The smallest absolute Gasteiger partial charge is 0.368 e. The van der Waals surface area contributed by atoms with Crippen molar-refractivity contribution in [2.75, 3.05) is 57.0 Å². The number of nitrogens with zero attached hydrogens (tertiary/aromatic N) is 3. The van der Waals surface area contributed by atoms with Crippen LogP contribution in [0.4, 0.5) is 18.9 Å². The van der Waals surface area contributed by atoms with E-state index in [1.807, 2.05) is 9.80 Å². The van der Waals surface area contributed by atoms with Gasteiger partial charge in [-0.1, -0.05) is 6.07 Å². The molecule has 0 radical (unpaired) electrons. The fourth-order valence-electron chi connectivity index (χ4n) is 3.01. The number of aliphatic imine (C=N–C) groups is 1. The van der Waals surface area contributed by atoms with Gasteiger partial charge in [0, 0.05) is 52.0 Å². The van der Waals surface area contributed by atoms with Gasteiger partial charge in [-0.05, 0) is 31.5 Å². The van der Waals surface area contributed by atoms with E-state index in [1.54, 1.807) is 20.0 Å². The highest BCUT2D eigenvalue weighted by Crippen LogP contribution is 2.31. The standard InChI is InChI=1S/C18H28F3N5O2S/c1-3-29(27,28)24-9-5-8-23-17(22-2)26-12-10-25(11-13-26)16-7-4-6-15(14-16)18(19,20)21/h4,6-7,14,24H,3,5,8-13H2,1-2H3,(H,22,23). The second kappa shape index (κ2) is 10.1. The summed E-state index contributed by atoms with van der Waals surface area (Å²) in [7, 11) is -1.52. The summed E-state index contributed by atoms with van der Waals surface area (Å²) in [6, 6.07) is 5.37. The van der Waals surface area contributed by atoms with E-state index in [4.69, 9.17) is 0 Å². The topological polar surface area (TPSA) is 77.0 Å². The normalized spacial score (nSPS) is 16.2. The Kier molecular flexibility index (Phi) is 8.14. The van der Waals surface area contributed by atoms with Crippen LogP contribution in [0.15, 0.2) is 29.3 Å². The molecule has 29 heavy (non-hydrogen) atoms. The van der Waals surface area contributed by atoms with E-state index in [2.05, 4.69) is 15.0 Å². The first-order valence-electron chi connectivity index (χ1n) is 9.51. The van der Waals surface area contributed by atoms with Crippen molar-refractivity contribution < 1.29 is 21.6 Å². The van der Waals surface area contributed by atoms with Crippen molar-refractivity contribution in [2.24, 2.45) is 4.99 Å². The van der Waals surface area contributed by atoms with E-state index >= 15 is 0 Å². The zero-order valence-corrected chi connectivity index (χ0v) is 17.5. The van der Waals surface area contributed by atoms with Crippen LogP contribution < -0.4 is 14.9 Å². The average molecular weight is 436 g/mol. The Labute approximate surface area is 170 Å². The number of hydrogen-bond acceptors (Lipinski definition) is 4. The summed E-state index contributed by atoms with van der Waals surface area (Å²) in [4.78, 5) is 8.22. The van der Waals surface area contributed by atoms with Crippen molar-refractivity contribution in [1.29, 1.82) is 0 Å². The Morgan fingerprint density at radius 2 is 1.86 bits per heavy atom. The average Bonchev–Trinajstić information content (AvgIpc) is 2.70. The SMILES string of the molecule is CCS(=O)(=O)NCCCNC(=NC)N1CCN(c2cccc(C(F)(F)F)c2)CC1. The summed E-state index contributed by atoms with van der Waals surface area (Å²) in [5, 5.41) is 3.20. The van der Waals surface area contributed by atoms with Crippen LogP contribution in [0.25, 0.3) is 0 Å². The third-order valence-corrected chi connectivity index (χ3v) is 6.07. The van der Waals surface area contributed by atoms with Crippen LogP contribution in [0, 0.1) is 0 Å². The summed E-state index contributed by atoms with van der Waals surface area (Å²) in [5.74, 6) is 0.755. The molecule has 11 heteroatoms. The third-order valence-electron chi connectivity index (χ3n) is 4.67. The Bertz CT molecular complexity index is 791. The minimum absolute atomic E-state index is 0.0538. The van der Waals surface area contributed by atoms with Gasteiger partial charge >= 0.3 is 6.18 Å². The second-order valence-electron chi connectivity index (χ2n) is 6.65. The van der Waals surface area contributed by atoms with Crippen molar-refractivity contribution in [1.82, 2.24) is 14.9 Å². The molecule has 7 nitrogen and oxygen atoms in total. The summed E-state index contributed by atoms with van der Waals surface area (Å²) in [6.45, 7) is 4.91. The lowest BCUT2D eigenvalue weighted by Gasteiger charge is -2.37. The van der Waals surface area contributed by atoms with Gasteiger partial charge in [0.25, 0.3) is 0 Å². The van der Waals surface area contributed by atoms with E-state index in [0.29, 0.717) is 57.3 Å². The zero-order chi connectivity index (χ0) is 21.5. The molecule has 1 heterocycles. The van der Waals surface area contributed by atoms with Crippen molar-refractivity contribution >= 4 is 21.7 Å². The molecular formula is C18H28F3N5O2S. The van der Waals surface area contributed by atoms with E-state index in [0.717, 1.165) is 6.07 Å². The number of benzene rings is 1. The number of hydrogen-bond donors (Lipinski definition) is 2. The second-order valence-corrected chi connectivity index (χ2v) is 8.74. The van der Waals surface area contributed by atoms with E-state index in [1.165, 1.54) is 12.1 Å². The Hall–Kier alpha value is -2.01. The molecule has 1 aliphatic heterocycles. The molecule has 0 aliphatic carbocycles. The lowest BCUT2D eigenvalue weighted by molar-refractivity contribution is -0.137. The molecule has 0 unspecified atom stereocenters. The van der Waals surface area contributed by atoms with Crippen LogP contribution in [-0.4, -0.2) is 71.3 Å². The zero-order valence-electron chi connectivity index (χ0n) is 16.7. The molecule has 0 saturated carbocycles. The molecule has 1 aromatic carbocycles. The van der Waals surface area contributed by atoms with Crippen LogP contribution in [0.2, 0.25) is 0 Å². The number of alkyl halides is 3. The number of piperazine rings is 1. The molecule has 0 amide bonds. The predicted octanol–water partition coefficient (Wildman–Crippen LogP) is 1.73. The molecule has 1 saturated heterocycles. The number of guanidine groups is 1. The van der Waals surface area contributed by atoms with E-state index in [9.17, 15) is 21.6 Å². The first kappa shape index (κ1) is 23.3. The van der Waals surface area contributed by atoms with Crippen LogP contribution in [-0.2, 0) is 16.2 Å². The maximum Gasteiger partial charge on any atom is 0.416 e. The Balaban J connectivity index is 1.81. The fourth-order valence-corrected chi connectivity index (χ4v) is 3.67. The van der Waals surface area contributed by atoms with Crippen molar-refractivity contribution in [2.45, 2.75) is 19.5 Å². The van der Waals surface area contributed by atoms with Crippen LogP contribution in [0.5, 0.6) is 0 Å². The largest absolute Gasteiger partial charge is 0.416 e. The number of halogens is 3. The highest BCUT2D eigenvalue weighted by molar-refractivity contribution is 7.89.